The van der Waals surface area contributed by atoms with Gasteiger partial charge in [-0.25, -0.2) is 0 Å². The van der Waals surface area contributed by atoms with E-state index in [2.05, 4.69) is 0 Å². The fourth-order valence-electron chi connectivity index (χ4n) is 2.13. The fraction of sp³-hybridized carbons (Fsp3) is 0.429. The molecule has 96 valence electrons. The van der Waals surface area contributed by atoms with E-state index < -0.39 is 0 Å². The zero-order valence-electron chi connectivity index (χ0n) is 10.2. The molecule has 1 heterocycles. The maximum Gasteiger partial charge on any atom is 0.223 e. The Morgan fingerprint density at radius 2 is 1.67 bits per heavy atom. The molecule has 4 heteroatoms. The third-order valence-electron chi connectivity index (χ3n) is 3.19. The Kier molecular flexibility index (Phi) is 4.37. The van der Waals surface area contributed by atoms with Crippen LogP contribution in [0.15, 0.2) is 24.3 Å². The van der Waals surface area contributed by atoms with E-state index in [1.165, 1.54) is 0 Å². The third kappa shape index (κ3) is 3.33. The summed E-state index contributed by atoms with van der Waals surface area (Å²) in [7, 11) is 0. The predicted octanol–water partition coefficient (Wildman–Crippen LogP) is 2.93. The molecule has 2 rings (SSSR count). The van der Waals surface area contributed by atoms with Crippen molar-refractivity contribution in [2.45, 2.75) is 25.7 Å². The first-order chi connectivity index (χ1) is 8.66. The van der Waals surface area contributed by atoms with Crippen molar-refractivity contribution < 1.29 is 9.59 Å². The molecule has 0 N–H and O–H groups in total. The lowest BCUT2D eigenvalue weighted by Gasteiger charge is -2.14. The van der Waals surface area contributed by atoms with Gasteiger partial charge in [0.15, 0.2) is 5.78 Å². The van der Waals surface area contributed by atoms with Crippen molar-refractivity contribution in [3.05, 3.63) is 34.9 Å². The number of halogens is 1. The highest BCUT2D eigenvalue weighted by atomic mass is 35.5. The van der Waals surface area contributed by atoms with Gasteiger partial charge in [-0.15, -0.1) is 0 Å². The summed E-state index contributed by atoms with van der Waals surface area (Å²) in [5.41, 5.74) is 0.619. The topological polar surface area (TPSA) is 37.4 Å². The standard InChI is InChI=1S/C14H16ClNO2/c15-12-5-3-11(4-6-12)13(17)7-8-14(18)16-9-1-2-10-16/h3-6H,1-2,7-10H2. The van der Waals surface area contributed by atoms with E-state index in [-0.39, 0.29) is 18.1 Å². The van der Waals surface area contributed by atoms with Crippen LogP contribution in [-0.4, -0.2) is 29.7 Å². The van der Waals surface area contributed by atoms with Gasteiger partial charge in [-0.3, -0.25) is 9.59 Å². The van der Waals surface area contributed by atoms with Crippen molar-refractivity contribution in [1.29, 1.82) is 0 Å². The minimum atomic E-state index is -0.000728. The smallest absolute Gasteiger partial charge is 0.223 e. The van der Waals surface area contributed by atoms with Crippen LogP contribution in [0.4, 0.5) is 0 Å². The van der Waals surface area contributed by atoms with E-state index in [9.17, 15) is 9.59 Å². The number of ketones is 1. The molecule has 0 aliphatic carbocycles. The molecule has 0 unspecified atom stereocenters. The molecule has 0 saturated carbocycles. The van der Waals surface area contributed by atoms with Gasteiger partial charge >= 0.3 is 0 Å². The number of hydrogen-bond donors (Lipinski definition) is 0. The molecule has 0 bridgehead atoms. The summed E-state index contributed by atoms with van der Waals surface area (Å²) in [4.78, 5) is 25.5. The first-order valence-corrected chi connectivity index (χ1v) is 6.61. The van der Waals surface area contributed by atoms with Gasteiger partial charge in [0, 0.05) is 36.5 Å². The van der Waals surface area contributed by atoms with Crippen LogP contribution in [0.25, 0.3) is 0 Å². The molecule has 1 fully saturated rings. The lowest BCUT2D eigenvalue weighted by Crippen LogP contribution is -2.27. The van der Waals surface area contributed by atoms with Gasteiger partial charge in [0.25, 0.3) is 0 Å². The Balaban J connectivity index is 1.84. The van der Waals surface area contributed by atoms with Crippen molar-refractivity contribution in [2.24, 2.45) is 0 Å². The first kappa shape index (κ1) is 13.1. The molecule has 1 aromatic rings. The average Bonchev–Trinajstić information content (AvgIpc) is 2.90. The van der Waals surface area contributed by atoms with Crippen LogP contribution in [0.3, 0.4) is 0 Å². The zero-order valence-corrected chi connectivity index (χ0v) is 10.9. The molecule has 1 aliphatic heterocycles. The van der Waals surface area contributed by atoms with Crippen LogP contribution in [0, 0.1) is 0 Å². The number of benzene rings is 1. The minimum Gasteiger partial charge on any atom is -0.343 e. The second kappa shape index (κ2) is 6.01. The highest BCUT2D eigenvalue weighted by Crippen LogP contribution is 2.14. The summed E-state index contributed by atoms with van der Waals surface area (Å²) in [6.07, 6.45) is 2.74. The highest BCUT2D eigenvalue weighted by Gasteiger charge is 2.18. The van der Waals surface area contributed by atoms with Crippen molar-refractivity contribution >= 4 is 23.3 Å². The predicted molar refractivity (Wildman–Crippen MR) is 70.8 cm³/mol. The second-order valence-corrected chi connectivity index (χ2v) is 4.95. The zero-order chi connectivity index (χ0) is 13.0. The number of carbonyl (C=O) groups excluding carboxylic acids is 2. The quantitative estimate of drug-likeness (QED) is 0.785. The van der Waals surface area contributed by atoms with Gasteiger partial charge in [-0.2, -0.15) is 0 Å². The molecular weight excluding hydrogens is 250 g/mol. The summed E-state index contributed by atoms with van der Waals surface area (Å²) >= 11 is 5.76. The van der Waals surface area contributed by atoms with Gasteiger partial charge < -0.3 is 4.90 Å². The van der Waals surface area contributed by atoms with E-state index in [1.54, 1.807) is 24.3 Å². The van der Waals surface area contributed by atoms with Gasteiger partial charge in [0.1, 0.15) is 0 Å². The van der Waals surface area contributed by atoms with E-state index in [0.717, 1.165) is 25.9 Å². The van der Waals surface area contributed by atoms with Crippen molar-refractivity contribution in [1.82, 2.24) is 4.90 Å². The summed E-state index contributed by atoms with van der Waals surface area (Å²) < 4.78 is 0. The number of rotatable bonds is 4. The Bertz CT molecular complexity index is 436. The molecule has 0 aromatic heterocycles. The second-order valence-electron chi connectivity index (χ2n) is 4.52. The Morgan fingerprint density at radius 1 is 1.06 bits per heavy atom. The maximum atomic E-state index is 11.9. The minimum absolute atomic E-state index is 0.000728. The SMILES string of the molecule is O=C(CCC(=O)N1CCCC1)c1ccc(Cl)cc1. The average molecular weight is 266 g/mol. The van der Waals surface area contributed by atoms with Gasteiger partial charge in [-0.05, 0) is 37.1 Å². The molecule has 3 nitrogen and oxygen atoms in total. The number of carbonyl (C=O) groups is 2. The lowest BCUT2D eigenvalue weighted by atomic mass is 10.1. The molecule has 1 aromatic carbocycles. The van der Waals surface area contributed by atoms with Crippen molar-refractivity contribution in [3.8, 4) is 0 Å². The monoisotopic (exact) mass is 265 g/mol. The van der Waals surface area contributed by atoms with Crippen LogP contribution in [-0.2, 0) is 4.79 Å². The van der Waals surface area contributed by atoms with Crippen molar-refractivity contribution in [2.75, 3.05) is 13.1 Å². The van der Waals surface area contributed by atoms with Gasteiger partial charge in [-0.1, -0.05) is 11.6 Å². The number of hydrogen-bond acceptors (Lipinski definition) is 2. The molecule has 1 saturated heterocycles. The Hall–Kier alpha value is -1.35. The van der Waals surface area contributed by atoms with E-state index >= 15 is 0 Å². The highest BCUT2D eigenvalue weighted by molar-refractivity contribution is 6.30. The number of amides is 1. The number of nitrogens with zero attached hydrogens (tertiary/aromatic N) is 1. The molecule has 1 aliphatic rings. The van der Waals surface area contributed by atoms with Crippen LogP contribution in [0.1, 0.15) is 36.0 Å². The summed E-state index contributed by atoms with van der Waals surface area (Å²) in [5.74, 6) is 0.0917. The van der Waals surface area contributed by atoms with E-state index in [0.29, 0.717) is 17.0 Å². The summed E-state index contributed by atoms with van der Waals surface area (Å²) in [6, 6.07) is 6.78. The maximum absolute atomic E-state index is 11.9. The summed E-state index contributed by atoms with van der Waals surface area (Å²) in [5, 5.41) is 0.611. The summed E-state index contributed by atoms with van der Waals surface area (Å²) in [6.45, 7) is 1.68. The van der Waals surface area contributed by atoms with Crippen LogP contribution < -0.4 is 0 Å². The van der Waals surface area contributed by atoms with Crippen LogP contribution in [0.5, 0.6) is 0 Å². The molecular formula is C14H16ClNO2. The number of Topliss-reactive ketones (excluding diaryl/α,β-unsaturated/α-hetero) is 1. The van der Waals surface area contributed by atoms with Crippen molar-refractivity contribution in [3.63, 3.8) is 0 Å². The Labute approximate surface area is 112 Å². The van der Waals surface area contributed by atoms with Gasteiger partial charge in [0.2, 0.25) is 5.91 Å². The van der Waals surface area contributed by atoms with E-state index in [1.807, 2.05) is 4.90 Å². The molecule has 0 atom stereocenters. The molecule has 18 heavy (non-hydrogen) atoms. The van der Waals surface area contributed by atoms with Crippen LogP contribution in [0.2, 0.25) is 5.02 Å². The Morgan fingerprint density at radius 3 is 2.28 bits per heavy atom. The third-order valence-corrected chi connectivity index (χ3v) is 3.44. The van der Waals surface area contributed by atoms with E-state index in [4.69, 9.17) is 11.6 Å². The number of likely N-dealkylation sites (tertiary alicyclic amines) is 1. The normalized spacial score (nSPS) is 14.8. The van der Waals surface area contributed by atoms with Gasteiger partial charge in [0.05, 0.1) is 0 Å². The first-order valence-electron chi connectivity index (χ1n) is 6.23. The lowest BCUT2D eigenvalue weighted by molar-refractivity contribution is -0.130. The molecule has 0 radical (unpaired) electrons. The molecule has 0 spiro atoms. The molecule has 1 amide bonds. The largest absolute Gasteiger partial charge is 0.343 e. The fourth-order valence-corrected chi connectivity index (χ4v) is 2.25. The van der Waals surface area contributed by atoms with Crippen LogP contribution >= 0.6 is 11.6 Å².